The minimum Gasteiger partial charge on any atom is -0.459 e. The number of carbonyl (C=O) groups excluding carboxylic acids is 3. The van der Waals surface area contributed by atoms with Crippen LogP contribution in [0.2, 0.25) is 0 Å². The van der Waals surface area contributed by atoms with E-state index in [0.29, 0.717) is 11.1 Å². The van der Waals surface area contributed by atoms with Crippen molar-refractivity contribution in [2.24, 2.45) is 0 Å². The molecule has 2 aliphatic heterocycles. The normalized spacial score (nSPS) is 32.1. The molecule has 0 spiro atoms. The minimum atomic E-state index is -1.12. The van der Waals surface area contributed by atoms with Gasteiger partial charge in [-0.2, -0.15) is 0 Å². The topological polar surface area (TPSA) is 104 Å². The summed E-state index contributed by atoms with van der Waals surface area (Å²) in [5.74, 6) is -1.65. The average molecular weight is 424 g/mol. The van der Waals surface area contributed by atoms with Crippen molar-refractivity contribution < 1.29 is 38.1 Å². The summed E-state index contributed by atoms with van der Waals surface area (Å²) in [6.07, 6.45) is -3.00. The Hall–Kier alpha value is -3.23. The first kappa shape index (κ1) is 19.7. The highest BCUT2D eigenvalue weighted by Crippen LogP contribution is 2.57. The smallest absolute Gasteiger partial charge is 0.338 e. The molecule has 3 fully saturated rings. The largest absolute Gasteiger partial charge is 0.459 e. The molecule has 2 heterocycles. The number of benzene rings is 2. The van der Waals surface area contributed by atoms with E-state index in [-0.39, 0.29) is 12.7 Å². The quantitative estimate of drug-likeness (QED) is 0.394. The number of carbonyl (C=O) groups is 3. The molecule has 8 heteroatoms. The SMILES string of the molecule is CC(=O)O[C@H]1[C@H](OC(=O)c2ccccc2)[C@H]2O[C@H]2[C@H]2O[C@]21COC(=O)c1ccccc1. The van der Waals surface area contributed by atoms with E-state index in [0.717, 1.165) is 0 Å². The monoisotopic (exact) mass is 424 g/mol. The van der Waals surface area contributed by atoms with Crippen molar-refractivity contribution in [2.75, 3.05) is 6.61 Å². The highest BCUT2D eigenvalue weighted by molar-refractivity contribution is 5.90. The van der Waals surface area contributed by atoms with Gasteiger partial charge in [-0.3, -0.25) is 4.79 Å². The maximum atomic E-state index is 12.6. The molecular formula is C23H20O8. The first-order valence-electron chi connectivity index (χ1n) is 9.98. The summed E-state index contributed by atoms with van der Waals surface area (Å²) in [6.45, 7) is 1.10. The van der Waals surface area contributed by atoms with Crippen molar-refractivity contribution in [2.45, 2.75) is 43.0 Å². The maximum Gasteiger partial charge on any atom is 0.338 e. The number of fused-ring (bicyclic) bond motifs is 3. The maximum absolute atomic E-state index is 12.6. The van der Waals surface area contributed by atoms with Gasteiger partial charge < -0.3 is 23.7 Å². The van der Waals surface area contributed by atoms with Gasteiger partial charge >= 0.3 is 17.9 Å². The molecule has 160 valence electrons. The van der Waals surface area contributed by atoms with Crippen molar-refractivity contribution in [1.29, 1.82) is 0 Å². The van der Waals surface area contributed by atoms with Crippen LogP contribution in [0.15, 0.2) is 60.7 Å². The van der Waals surface area contributed by atoms with Gasteiger partial charge in [0.1, 0.15) is 24.9 Å². The Morgan fingerprint density at radius 1 is 0.871 bits per heavy atom. The third-order valence-corrected chi connectivity index (χ3v) is 5.72. The lowest BCUT2D eigenvalue weighted by Gasteiger charge is -2.32. The van der Waals surface area contributed by atoms with E-state index >= 15 is 0 Å². The van der Waals surface area contributed by atoms with E-state index < -0.39 is 47.9 Å². The van der Waals surface area contributed by atoms with Crippen LogP contribution in [-0.4, -0.2) is 60.6 Å². The van der Waals surface area contributed by atoms with Gasteiger partial charge in [0, 0.05) is 6.92 Å². The fourth-order valence-corrected chi connectivity index (χ4v) is 4.15. The molecule has 0 N–H and O–H groups in total. The summed E-state index contributed by atoms with van der Waals surface area (Å²) < 4.78 is 28.2. The van der Waals surface area contributed by atoms with Crippen LogP contribution in [-0.2, 0) is 28.5 Å². The molecule has 31 heavy (non-hydrogen) atoms. The molecule has 3 aliphatic rings. The number of esters is 3. The van der Waals surface area contributed by atoms with Gasteiger partial charge in [0.2, 0.25) is 0 Å². The van der Waals surface area contributed by atoms with Crippen molar-refractivity contribution in [3.05, 3.63) is 71.8 Å². The van der Waals surface area contributed by atoms with Gasteiger partial charge in [0.05, 0.1) is 11.1 Å². The van der Waals surface area contributed by atoms with Crippen molar-refractivity contribution in [1.82, 2.24) is 0 Å². The van der Waals surface area contributed by atoms with Gasteiger partial charge in [0.15, 0.2) is 17.8 Å². The Balaban J connectivity index is 1.35. The third-order valence-electron chi connectivity index (χ3n) is 5.72. The Kier molecular flexibility index (Phi) is 4.75. The average Bonchev–Trinajstić information content (AvgIpc) is 3.69. The van der Waals surface area contributed by atoms with Crippen LogP contribution in [0.5, 0.6) is 0 Å². The standard InChI is InChI=1S/C23H20O8/c1-13(24)28-19-17(30-22(26)15-10-6-3-7-11-15)16-18(29-16)20-23(19,31-20)12-27-21(25)14-8-4-2-5-9-14/h2-11,16-20H,12H2,1H3/t16-,17-,18-,19+,20-,23+/m1/s1. The molecule has 2 aromatic carbocycles. The van der Waals surface area contributed by atoms with Crippen LogP contribution in [0.25, 0.3) is 0 Å². The van der Waals surface area contributed by atoms with E-state index in [1.54, 1.807) is 60.7 Å². The van der Waals surface area contributed by atoms with E-state index in [9.17, 15) is 14.4 Å². The van der Waals surface area contributed by atoms with Crippen LogP contribution in [0.3, 0.4) is 0 Å². The Bertz CT molecular complexity index is 1010. The summed E-state index contributed by atoms with van der Waals surface area (Å²) in [5.41, 5.74) is -0.358. The molecule has 5 rings (SSSR count). The molecule has 0 aromatic heterocycles. The zero-order chi connectivity index (χ0) is 21.6. The lowest BCUT2D eigenvalue weighted by Crippen LogP contribution is -2.55. The van der Waals surface area contributed by atoms with Crippen LogP contribution in [0.1, 0.15) is 27.6 Å². The van der Waals surface area contributed by atoms with Crippen molar-refractivity contribution in [3.8, 4) is 0 Å². The molecule has 2 saturated heterocycles. The Labute approximate surface area is 178 Å². The summed E-state index contributed by atoms with van der Waals surface area (Å²) in [4.78, 5) is 36.9. The number of rotatable bonds is 6. The zero-order valence-electron chi connectivity index (χ0n) is 16.6. The molecule has 0 amide bonds. The predicted molar refractivity (Wildman–Crippen MR) is 104 cm³/mol. The molecule has 0 bridgehead atoms. The van der Waals surface area contributed by atoms with E-state index in [4.69, 9.17) is 23.7 Å². The molecule has 8 nitrogen and oxygen atoms in total. The minimum absolute atomic E-state index is 0.157. The summed E-state index contributed by atoms with van der Waals surface area (Å²) in [6, 6.07) is 17.0. The van der Waals surface area contributed by atoms with Gasteiger partial charge in [-0.15, -0.1) is 0 Å². The Morgan fingerprint density at radius 2 is 1.48 bits per heavy atom. The third kappa shape index (κ3) is 3.58. The van der Waals surface area contributed by atoms with Crippen molar-refractivity contribution >= 4 is 17.9 Å². The fraction of sp³-hybridized carbons (Fsp3) is 0.348. The molecular weight excluding hydrogens is 404 g/mol. The molecule has 0 radical (unpaired) electrons. The molecule has 6 atom stereocenters. The molecule has 1 aliphatic carbocycles. The molecule has 1 saturated carbocycles. The van der Waals surface area contributed by atoms with Gasteiger partial charge in [-0.1, -0.05) is 36.4 Å². The van der Waals surface area contributed by atoms with Crippen LogP contribution >= 0.6 is 0 Å². The first-order valence-corrected chi connectivity index (χ1v) is 9.98. The van der Waals surface area contributed by atoms with Crippen molar-refractivity contribution in [3.63, 3.8) is 0 Å². The van der Waals surface area contributed by atoms with E-state index in [2.05, 4.69) is 0 Å². The van der Waals surface area contributed by atoms with E-state index in [1.807, 2.05) is 0 Å². The summed E-state index contributed by atoms with van der Waals surface area (Å²) >= 11 is 0. The fourth-order valence-electron chi connectivity index (χ4n) is 4.15. The van der Waals surface area contributed by atoms with Crippen LogP contribution < -0.4 is 0 Å². The highest BCUT2D eigenvalue weighted by Gasteiger charge is 2.81. The van der Waals surface area contributed by atoms with E-state index in [1.165, 1.54) is 6.92 Å². The van der Waals surface area contributed by atoms with Gasteiger partial charge in [-0.25, -0.2) is 9.59 Å². The number of epoxide rings is 2. The van der Waals surface area contributed by atoms with Crippen LogP contribution in [0, 0.1) is 0 Å². The van der Waals surface area contributed by atoms with Gasteiger partial charge in [0.25, 0.3) is 0 Å². The summed E-state index contributed by atoms with van der Waals surface area (Å²) in [7, 11) is 0. The first-order chi connectivity index (χ1) is 15.0. The number of ether oxygens (including phenoxy) is 5. The Morgan fingerprint density at radius 3 is 2.10 bits per heavy atom. The number of hydrogen-bond acceptors (Lipinski definition) is 8. The second-order valence-electron chi connectivity index (χ2n) is 7.77. The highest BCUT2D eigenvalue weighted by atomic mass is 16.7. The second kappa shape index (κ2) is 7.47. The summed E-state index contributed by atoms with van der Waals surface area (Å²) in [5, 5.41) is 0. The lowest BCUT2D eigenvalue weighted by molar-refractivity contribution is -0.162. The zero-order valence-corrected chi connectivity index (χ0v) is 16.6. The lowest BCUT2D eigenvalue weighted by atomic mass is 9.84. The second-order valence-corrected chi connectivity index (χ2v) is 7.77. The van der Waals surface area contributed by atoms with Gasteiger partial charge in [-0.05, 0) is 24.3 Å². The number of hydrogen-bond donors (Lipinski definition) is 0. The molecule has 2 aromatic rings. The predicted octanol–water partition coefficient (Wildman–Crippen LogP) is 1.92. The van der Waals surface area contributed by atoms with Crippen LogP contribution in [0.4, 0.5) is 0 Å². The molecule has 0 unspecified atom stereocenters.